The first-order valence-electron chi connectivity index (χ1n) is 5.60. The Kier molecular flexibility index (Phi) is 3.56. The van der Waals surface area contributed by atoms with Gasteiger partial charge in [0.25, 0.3) is 5.91 Å². The lowest BCUT2D eigenvalue weighted by Crippen LogP contribution is -2.14. The van der Waals surface area contributed by atoms with Gasteiger partial charge in [-0.05, 0) is 24.3 Å². The van der Waals surface area contributed by atoms with E-state index in [0.29, 0.717) is 21.2 Å². The molecular weight excluding hydrogens is 317 g/mol. The molecule has 0 aliphatic carbocycles. The second-order valence-corrected chi connectivity index (χ2v) is 5.66. The first-order valence-corrected chi connectivity index (χ1v) is 7.23. The summed E-state index contributed by atoms with van der Waals surface area (Å²) in [5.41, 5.74) is 3.07. The SMILES string of the molecule is O=C(Nc1c(Cl)ccc2scnc12)c1cc(Cl)ccn1. The van der Waals surface area contributed by atoms with Gasteiger partial charge in [-0.25, -0.2) is 4.98 Å². The van der Waals surface area contributed by atoms with Gasteiger partial charge in [0.05, 0.1) is 20.9 Å². The van der Waals surface area contributed by atoms with Crippen LogP contribution < -0.4 is 5.32 Å². The molecule has 2 aromatic heterocycles. The normalized spacial score (nSPS) is 10.7. The van der Waals surface area contributed by atoms with Crippen LogP contribution in [0.4, 0.5) is 5.69 Å². The number of amides is 1. The first-order chi connectivity index (χ1) is 9.65. The number of carbonyl (C=O) groups excluding carboxylic acids is 1. The van der Waals surface area contributed by atoms with E-state index in [9.17, 15) is 4.79 Å². The van der Waals surface area contributed by atoms with Crippen LogP contribution in [0, 0.1) is 0 Å². The smallest absolute Gasteiger partial charge is 0.274 e. The minimum atomic E-state index is -0.380. The average Bonchev–Trinajstić information content (AvgIpc) is 2.90. The van der Waals surface area contributed by atoms with Gasteiger partial charge in [0.1, 0.15) is 11.2 Å². The predicted octanol–water partition coefficient (Wildman–Crippen LogP) is 4.25. The third-order valence-electron chi connectivity index (χ3n) is 2.64. The summed E-state index contributed by atoms with van der Waals surface area (Å²) in [6.45, 7) is 0. The van der Waals surface area contributed by atoms with Crippen LogP contribution in [0.15, 0.2) is 36.0 Å². The van der Waals surface area contributed by atoms with Crippen LogP contribution in [-0.4, -0.2) is 15.9 Å². The molecule has 3 aromatic rings. The van der Waals surface area contributed by atoms with Crippen molar-refractivity contribution in [3.05, 3.63) is 51.7 Å². The topological polar surface area (TPSA) is 54.9 Å². The maximum atomic E-state index is 12.2. The number of fused-ring (bicyclic) bond motifs is 1. The van der Waals surface area contributed by atoms with E-state index in [2.05, 4.69) is 15.3 Å². The van der Waals surface area contributed by atoms with Crippen molar-refractivity contribution >= 4 is 56.3 Å². The monoisotopic (exact) mass is 323 g/mol. The Morgan fingerprint density at radius 3 is 2.85 bits per heavy atom. The second kappa shape index (κ2) is 5.36. The highest BCUT2D eigenvalue weighted by atomic mass is 35.5. The molecule has 0 fully saturated rings. The second-order valence-electron chi connectivity index (χ2n) is 3.93. The highest BCUT2D eigenvalue weighted by molar-refractivity contribution is 7.16. The maximum absolute atomic E-state index is 12.2. The minimum Gasteiger partial charge on any atom is -0.317 e. The number of aromatic nitrogens is 2. The lowest BCUT2D eigenvalue weighted by Gasteiger charge is -2.07. The molecule has 0 unspecified atom stereocenters. The van der Waals surface area contributed by atoms with Crippen molar-refractivity contribution in [3.8, 4) is 0 Å². The van der Waals surface area contributed by atoms with Gasteiger partial charge in [-0.1, -0.05) is 23.2 Å². The summed E-state index contributed by atoms with van der Waals surface area (Å²) in [5, 5.41) is 3.61. The molecule has 20 heavy (non-hydrogen) atoms. The van der Waals surface area contributed by atoms with Gasteiger partial charge in [0.15, 0.2) is 0 Å². The van der Waals surface area contributed by atoms with Crippen molar-refractivity contribution < 1.29 is 4.79 Å². The van der Waals surface area contributed by atoms with E-state index in [0.717, 1.165) is 4.70 Å². The maximum Gasteiger partial charge on any atom is 0.274 e. The molecule has 3 rings (SSSR count). The number of hydrogen-bond donors (Lipinski definition) is 1. The molecule has 0 saturated carbocycles. The third-order valence-corrected chi connectivity index (χ3v) is 3.99. The van der Waals surface area contributed by atoms with Crippen LogP contribution >= 0.6 is 34.5 Å². The molecule has 1 N–H and O–H groups in total. The van der Waals surface area contributed by atoms with E-state index in [4.69, 9.17) is 23.2 Å². The average molecular weight is 324 g/mol. The van der Waals surface area contributed by atoms with Crippen molar-refractivity contribution in [2.24, 2.45) is 0 Å². The number of benzene rings is 1. The summed E-state index contributed by atoms with van der Waals surface area (Å²) in [5.74, 6) is -0.380. The number of nitrogens with zero attached hydrogens (tertiary/aromatic N) is 2. The zero-order valence-corrected chi connectivity index (χ0v) is 12.3. The van der Waals surface area contributed by atoms with Crippen LogP contribution in [0.2, 0.25) is 10.0 Å². The number of anilines is 1. The van der Waals surface area contributed by atoms with Gasteiger partial charge >= 0.3 is 0 Å². The lowest BCUT2D eigenvalue weighted by molar-refractivity contribution is 0.102. The van der Waals surface area contributed by atoms with Crippen molar-refractivity contribution in [1.82, 2.24) is 9.97 Å². The number of thiazole rings is 1. The molecule has 1 amide bonds. The van der Waals surface area contributed by atoms with Crippen LogP contribution in [0.25, 0.3) is 10.2 Å². The van der Waals surface area contributed by atoms with Gasteiger partial charge in [0.2, 0.25) is 0 Å². The Balaban J connectivity index is 1.99. The Hall–Kier alpha value is -1.69. The summed E-state index contributed by atoms with van der Waals surface area (Å²) in [7, 11) is 0. The number of halogens is 2. The van der Waals surface area contributed by atoms with E-state index >= 15 is 0 Å². The van der Waals surface area contributed by atoms with Crippen molar-refractivity contribution in [3.63, 3.8) is 0 Å². The number of nitrogens with one attached hydrogen (secondary N) is 1. The Labute approximate surface area is 128 Å². The Bertz CT molecular complexity index is 803. The van der Waals surface area contributed by atoms with Gasteiger partial charge < -0.3 is 5.32 Å². The zero-order chi connectivity index (χ0) is 14.1. The number of rotatable bonds is 2. The standard InChI is InChI=1S/C13H7Cl2N3OS/c14-7-3-4-16-9(5-7)13(19)18-11-8(15)1-2-10-12(11)17-6-20-10/h1-6H,(H,18,19). The van der Waals surface area contributed by atoms with E-state index in [-0.39, 0.29) is 11.6 Å². The lowest BCUT2D eigenvalue weighted by atomic mass is 10.2. The van der Waals surface area contributed by atoms with Gasteiger partial charge in [-0.15, -0.1) is 11.3 Å². The van der Waals surface area contributed by atoms with E-state index in [1.54, 1.807) is 17.6 Å². The quantitative estimate of drug-likeness (QED) is 0.767. The van der Waals surface area contributed by atoms with Gasteiger partial charge in [0, 0.05) is 11.2 Å². The molecule has 4 nitrogen and oxygen atoms in total. The highest BCUT2D eigenvalue weighted by Gasteiger charge is 2.14. The van der Waals surface area contributed by atoms with Crippen LogP contribution in [0.1, 0.15) is 10.5 Å². The predicted molar refractivity (Wildman–Crippen MR) is 81.8 cm³/mol. The molecule has 7 heteroatoms. The van der Waals surface area contributed by atoms with Crippen molar-refractivity contribution in [2.75, 3.05) is 5.32 Å². The molecule has 0 aliphatic rings. The van der Waals surface area contributed by atoms with Gasteiger partial charge in [-0.3, -0.25) is 9.78 Å². The number of carbonyl (C=O) groups is 1. The zero-order valence-electron chi connectivity index (χ0n) is 9.93. The van der Waals surface area contributed by atoms with E-state index in [1.165, 1.54) is 23.6 Å². The molecule has 2 heterocycles. The van der Waals surface area contributed by atoms with Crippen LogP contribution in [0.3, 0.4) is 0 Å². The van der Waals surface area contributed by atoms with Crippen LogP contribution in [0.5, 0.6) is 0 Å². The molecule has 0 atom stereocenters. The fourth-order valence-electron chi connectivity index (χ4n) is 1.73. The van der Waals surface area contributed by atoms with E-state index in [1.807, 2.05) is 6.07 Å². The fourth-order valence-corrected chi connectivity index (χ4v) is 2.78. The largest absolute Gasteiger partial charge is 0.317 e. The summed E-state index contributed by atoms with van der Waals surface area (Å²) in [6.07, 6.45) is 1.47. The fraction of sp³-hybridized carbons (Fsp3) is 0. The molecule has 0 saturated heterocycles. The molecule has 0 bridgehead atoms. The molecule has 1 aromatic carbocycles. The third kappa shape index (κ3) is 2.47. The number of hydrogen-bond acceptors (Lipinski definition) is 4. The van der Waals surface area contributed by atoms with Crippen molar-refractivity contribution in [2.45, 2.75) is 0 Å². The molecule has 0 radical (unpaired) electrons. The summed E-state index contributed by atoms with van der Waals surface area (Å²) < 4.78 is 0.948. The molecule has 0 aliphatic heterocycles. The van der Waals surface area contributed by atoms with Gasteiger partial charge in [-0.2, -0.15) is 0 Å². The molecule has 100 valence electrons. The first kappa shape index (κ1) is 13.3. The number of pyridine rings is 1. The molecular formula is C13H7Cl2N3OS. The summed E-state index contributed by atoms with van der Waals surface area (Å²) in [4.78, 5) is 20.4. The summed E-state index contributed by atoms with van der Waals surface area (Å²) in [6, 6.07) is 6.68. The summed E-state index contributed by atoms with van der Waals surface area (Å²) >= 11 is 13.4. The van der Waals surface area contributed by atoms with Crippen LogP contribution in [-0.2, 0) is 0 Å². The minimum absolute atomic E-state index is 0.223. The highest BCUT2D eigenvalue weighted by Crippen LogP contribution is 2.32. The molecule has 0 spiro atoms. The Morgan fingerprint density at radius 2 is 2.05 bits per heavy atom. The van der Waals surface area contributed by atoms with Crippen molar-refractivity contribution in [1.29, 1.82) is 0 Å². The Morgan fingerprint density at radius 1 is 1.20 bits per heavy atom. The van der Waals surface area contributed by atoms with E-state index < -0.39 is 0 Å².